The quantitative estimate of drug-likeness (QED) is 0.778. The second-order valence-electron chi connectivity index (χ2n) is 6.51. The molecule has 0 saturated carbocycles. The molecule has 0 radical (unpaired) electrons. The van der Waals surface area contributed by atoms with Crippen molar-refractivity contribution in [3.05, 3.63) is 54.5 Å². The van der Waals surface area contributed by atoms with Gasteiger partial charge in [0, 0.05) is 31.0 Å². The molecule has 1 fully saturated rings. The number of anilines is 1. The summed E-state index contributed by atoms with van der Waals surface area (Å²) in [7, 11) is 0. The lowest BCUT2D eigenvalue weighted by Gasteiger charge is -2.32. The Bertz CT molecular complexity index is 878. The molecule has 0 aliphatic carbocycles. The number of hydrogen-bond acceptors (Lipinski definition) is 3. The molecule has 6 heteroatoms. The Morgan fingerprint density at radius 3 is 2.64 bits per heavy atom. The maximum absolute atomic E-state index is 12.4. The fourth-order valence-corrected chi connectivity index (χ4v) is 3.32. The molecule has 25 heavy (non-hydrogen) atoms. The molecule has 2 aromatic heterocycles. The molecule has 0 atom stereocenters. The van der Waals surface area contributed by atoms with E-state index in [9.17, 15) is 4.79 Å². The van der Waals surface area contributed by atoms with Gasteiger partial charge in [-0.2, -0.15) is 0 Å². The summed E-state index contributed by atoms with van der Waals surface area (Å²) in [5, 5.41) is 2.97. The molecule has 3 aromatic rings. The second-order valence-corrected chi connectivity index (χ2v) is 6.51. The number of carbonyl (C=O) groups is 1. The highest BCUT2D eigenvalue weighted by Gasteiger charge is 2.25. The molecule has 2 amide bonds. The lowest BCUT2D eigenvalue weighted by Crippen LogP contribution is -2.41. The van der Waals surface area contributed by atoms with Crippen molar-refractivity contribution in [2.24, 2.45) is 0 Å². The molecular formula is C19H21N5O. The third-order valence-corrected chi connectivity index (χ3v) is 4.78. The number of nitrogens with one attached hydrogen (secondary N) is 1. The maximum atomic E-state index is 12.4. The van der Waals surface area contributed by atoms with Gasteiger partial charge in [0.25, 0.3) is 0 Å². The van der Waals surface area contributed by atoms with Gasteiger partial charge < -0.3 is 14.8 Å². The van der Waals surface area contributed by atoms with Crippen molar-refractivity contribution >= 4 is 22.9 Å². The predicted octanol–water partition coefficient (Wildman–Crippen LogP) is 3.61. The van der Waals surface area contributed by atoms with E-state index in [2.05, 4.69) is 19.9 Å². The van der Waals surface area contributed by atoms with Gasteiger partial charge in [-0.05, 0) is 44.0 Å². The summed E-state index contributed by atoms with van der Waals surface area (Å²) in [6.45, 7) is 3.49. The number of aromatic nitrogens is 3. The third-order valence-electron chi connectivity index (χ3n) is 4.78. The molecule has 3 heterocycles. The topological polar surface area (TPSA) is 63.1 Å². The van der Waals surface area contributed by atoms with Gasteiger partial charge in [-0.25, -0.2) is 14.8 Å². The van der Waals surface area contributed by atoms with Crippen LogP contribution in [-0.2, 0) is 0 Å². The number of amides is 2. The number of carbonyl (C=O) groups excluding carboxylic acids is 1. The number of likely N-dealkylation sites (tertiary alicyclic amines) is 1. The van der Waals surface area contributed by atoms with E-state index in [0.717, 1.165) is 42.8 Å². The summed E-state index contributed by atoms with van der Waals surface area (Å²) in [5.74, 6) is 0. The van der Waals surface area contributed by atoms with Crippen LogP contribution in [0, 0.1) is 6.92 Å². The lowest BCUT2D eigenvalue weighted by atomic mass is 10.1. The van der Waals surface area contributed by atoms with Crippen LogP contribution in [0.2, 0.25) is 0 Å². The Labute approximate surface area is 146 Å². The number of imidazole rings is 1. The van der Waals surface area contributed by atoms with Crippen molar-refractivity contribution in [1.82, 2.24) is 19.4 Å². The largest absolute Gasteiger partial charge is 0.324 e. The number of hydrogen-bond donors (Lipinski definition) is 1. The molecule has 0 bridgehead atoms. The minimum Gasteiger partial charge on any atom is -0.324 e. The van der Waals surface area contributed by atoms with Crippen LogP contribution >= 0.6 is 0 Å². The van der Waals surface area contributed by atoms with E-state index in [1.807, 2.05) is 54.5 Å². The van der Waals surface area contributed by atoms with E-state index in [1.165, 1.54) is 5.56 Å². The van der Waals surface area contributed by atoms with Gasteiger partial charge in [0.05, 0.1) is 6.33 Å². The molecule has 1 aromatic carbocycles. The SMILES string of the molecule is Cc1ccc(NC(=O)N2CCC(n3cnc4cccnc43)CC2)cc1. The molecule has 1 N–H and O–H groups in total. The summed E-state index contributed by atoms with van der Waals surface area (Å²) in [6.07, 6.45) is 5.47. The van der Waals surface area contributed by atoms with Gasteiger partial charge in [0.15, 0.2) is 5.65 Å². The average Bonchev–Trinajstić information content (AvgIpc) is 3.08. The van der Waals surface area contributed by atoms with Crippen LogP contribution in [0.1, 0.15) is 24.4 Å². The number of aryl methyl sites for hydroxylation is 1. The first-order chi connectivity index (χ1) is 12.2. The van der Waals surface area contributed by atoms with Crippen molar-refractivity contribution in [2.75, 3.05) is 18.4 Å². The number of benzene rings is 1. The number of pyridine rings is 1. The number of urea groups is 1. The van der Waals surface area contributed by atoms with Gasteiger partial charge in [-0.1, -0.05) is 17.7 Å². The Balaban J connectivity index is 1.39. The Hall–Kier alpha value is -2.89. The van der Waals surface area contributed by atoms with Crippen LogP contribution in [0.5, 0.6) is 0 Å². The number of nitrogens with zero attached hydrogens (tertiary/aromatic N) is 4. The van der Waals surface area contributed by atoms with Gasteiger partial charge in [0.2, 0.25) is 0 Å². The van der Waals surface area contributed by atoms with E-state index < -0.39 is 0 Å². The molecule has 0 spiro atoms. The Morgan fingerprint density at radius 2 is 1.88 bits per heavy atom. The number of rotatable bonds is 2. The number of fused-ring (bicyclic) bond motifs is 1. The second kappa shape index (κ2) is 6.55. The molecule has 0 unspecified atom stereocenters. The summed E-state index contributed by atoms with van der Waals surface area (Å²) in [6, 6.07) is 12.0. The van der Waals surface area contributed by atoms with Crippen LogP contribution in [-0.4, -0.2) is 38.6 Å². The summed E-state index contributed by atoms with van der Waals surface area (Å²) in [5.41, 5.74) is 3.86. The van der Waals surface area contributed by atoms with Gasteiger partial charge in [0.1, 0.15) is 5.52 Å². The van der Waals surface area contributed by atoms with Crippen LogP contribution in [0.25, 0.3) is 11.2 Å². The van der Waals surface area contributed by atoms with Crippen molar-refractivity contribution < 1.29 is 4.79 Å². The molecular weight excluding hydrogens is 314 g/mol. The van der Waals surface area contributed by atoms with E-state index in [0.29, 0.717) is 6.04 Å². The van der Waals surface area contributed by atoms with Crippen molar-refractivity contribution in [3.8, 4) is 0 Å². The zero-order chi connectivity index (χ0) is 17.2. The predicted molar refractivity (Wildman–Crippen MR) is 97.6 cm³/mol. The van der Waals surface area contributed by atoms with E-state index in [-0.39, 0.29) is 6.03 Å². The molecule has 128 valence electrons. The first-order valence-corrected chi connectivity index (χ1v) is 8.61. The van der Waals surface area contributed by atoms with Crippen LogP contribution < -0.4 is 5.32 Å². The molecule has 1 saturated heterocycles. The monoisotopic (exact) mass is 335 g/mol. The highest BCUT2D eigenvalue weighted by atomic mass is 16.2. The van der Waals surface area contributed by atoms with Crippen molar-refractivity contribution in [1.29, 1.82) is 0 Å². The van der Waals surface area contributed by atoms with Gasteiger partial charge in [-0.15, -0.1) is 0 Å². The minimum atomic E-state index is -0.0316. The van der Waals surface area contributed by atoms with E-state index in [1.54, 1.807) is 6.20 Å². The minimum absolute atomic E-state index is 0.0316. The standard InChI is InChI=1S/C19H21N5O/c1-14-4-6-15(7-5-14)22-19(25)23-11-8-16(9-12-23)24-13-21-17-3-2-10-20-18(17)24/h2-7,10,13,16H,8-9,11-12H2,1H3,(H,22,25). The maximum Gasteiger partial charge on any atom is 0.321 e. The molecule has 1 aliphatic rings. The van der Waals surface area contributed by atoms with E-state index in [4.69, 9.17) is 0 Å². The molecule has 6 nitrogen and oxygen atoms in total. The first-order valence-electron chi connectivity index (χ1n) is 8.61. The zero-order valence-corrected chi connectivity index (χ0v) is 14.2. The fourth-order valence-electron chi connectivity index (χ4n) is 3.32. The smallest absolute Gasteiger partial charge is 0.321 e. The summed E-state index contributed by atoms with van der Waals surface area (Å²) < 4.78 is 2.14. The fraction of sp³-hybridized carbons (Fsp3) is 0.316. The van der Waals surface area contributed by atoms with Crippen molar-refractivity contribution in [3.63, 3.8) is 0 Å². The summed E-state index contributed by atoms with van der Waals surface area (Å²) in [4.78, 5) is 23.2. The lowest BCUT2D eigenvalue weighted by molar-refractivity contribution is 0.184. The van der Waals surface area contributed by atoms with Gasteiger partial charge in [-0.3, -0.25) is 0 Å². The number of piperidine rings is 1. The summed E-state index contributed by atoms with van der Waals surface area (Å²) >= 11 is 0. The Kier molecular flexibility index (Phi) is 4.09. The van der Waals surface area contributed by atoms with Crippen LogP contribution in [0.15, 0.2) is 48.9 Å². The highest BCUT2D eigenvalue weighted by molar-refractivity contribution is 5.89. The molecule has 1 aliphatic heterocycles. The van der Waals surface area contributed by atoms with Crippen molar-refractivity contribution in [2.45, 2.75) is 25.8 Å². The zero-order valence-electron chi connectivity index (χ0n) is 14.2. The average molecular weight is 335 g/mol. The normalized spacial score (nSPS) is 15.5. The Morgan fingerprint density at radius 1 is 1.12 bits per heavy atom. The highest BCUT2D eigenvalue weighted by Crippen LogP contribution is 2.26. The van der Waals surface area contributed by atoms with E-state index >= 15 is 0 Å². The van der Waals surface area contributed by atoms with Gasteiger partial charge >= 0.3 is 6.03 Å². The molecule has 4 rings (SSSR count). The van der Waals surface area contributed by atoms with Crippen LogP contribution in [0.4, 0.5) is 10.5 Å². The first kappa shape index (κ1) is 15.6. The third kappa shape index (κ3) is 3.20. The van der Waals surface area contributed by atoms with Crippen LogP contribution in [0.3, 0.4) is 0 Å².